The normalized spacial score (nSPS) is 30.9. The molecule has 2 aromatic heterocycles. The van der Waals surface area contributed by atoms with Gasteiger partial charge in [-0.05, 0) is 87.8 Å². The number of aromatic nitrogens is 1. The number of fused-ring (bicyclic) bond motifs is 1. The first-order chi connectivity index (χ1) is 17.9. The Morgan fingerprint density at radius 3 is 2.41 bits per heavy atom. The zero-order valence-corrected chi connectivity index (χ0v) is 22.0. The number of carbonyl (C=O) groups excluding carboxylic acids is 2. The van der Waals surface area contributed by atoms with Crippen LogP contribution in [0.5, 0.6) is 0 Å². The van der Waals surface area contributed by atoms with Crippen molar-refractivity contribution in [2.75, 3.05) is 19.6 Å². The Kier molecular flexibility index (Phi) is 5.31. The van der Waals surface area contributed by atoms with Crippen molar-refractivity contribution >= 4 is 22.9 Å². The third kappa shape index (κ3) is 3.82. The molecule has 37 heavy (non-hydrogen) atoms. The lowest BCUT2D eigenvalue weighted by Gasteiger charge is -2.57. The second kappa shape index (κ2) is 8.50. The third-order valence-electron chi connectivity index (χ3n) is 9.81. The molecule has 4 aliphatic carbocycles. The van der Waals surface area contributed by atoms with Gasteiger partial charge < -0.3 is 18.8 Å². The van der Waals surface area contributed by atoms with Crippen molar-refractivity contribution < 1.29 is 14.0 Å². The monoisotopic (exact) mass is 499 g/mol. The predicted octanol–water partition coefficient (Wildman–Crippen LogP) is 5.48. The van der Waals surface area contributed by atoms with Crippen molar-refractivity contribution in [1.29, 1.82) is 0 Å². The van der Waals surface area contributed by atoms with Gasteiger partial charge in [-0.3, -0.25) is 9.59 Å². The van der Waals surface area contributed by atoms with Crippen molar-refractivity contribution in [2.45, 2.75) is 65.0 Å². The smallest absolute Gasteiger partial charge is 0.270 e. The number of benzene rings is 1. The minimum absolute atomic E-state index is 0.0211. The topological polar surface area (TPSA) is 58.7 Å². The van der Waals surface area contributed by atoms with E-state index in [0.717, 1.165) is 53.7 Å². The van der Waals surface area contributed by atoms with Crippen LogP contribution in [0.2, 0.25) is 0 Å². The molecule has 0 radical (unpaired) electrons. The highest BCUT2D eigenvalue weighted by molar-refractivity contribution is 5.98. The standard InChI is InChI=1S/C31H37N3O3/c1-20-4-3-5-22(10-20)19-34-27(14-26-6-9-37-29(26)34)28(35)32-7-8-33(21(2)18-32)30(36)31-15-23-11-24(16-31)13-25(12-23)17-31/h3-6,9-10,14,21,23-25H,7-8,11-13,15-19H2,1-2H3. The van der Waals surface area contributed by atoms with Gasteiger partial charge in [0.25, 0.3) is 5.91 Å². The first-order valence-corrected chi connectivity index (χ1v) is 14.1. The first-order valence-electron chi connectivity index (χ1n) is 14.1. The summed E-state index contributed by atoms with van der Waals surface area (Å²) in [5.41, 5.74) is 3.60. The van der Waals surface area contributed by atoms with Crippen molar-refractivity contribution in [2.24, 2.45) is 23.2 Å². The molecule has 194 valence electrons. The van der Waals surface area contributed by atoms with E-state index in [-0.39, 0.29) is 17.4 Å². The molecular weight excluding hydrogens is 462 g/mol. The average Bonchev–Trinajstić information content (AvgIpc) is 3.45. The maximum Gasteiger partial charge on any atom is 0.270 e. The molecule has 4 bridgehead atoms. The van der Waals surface area contributed by atoms with Crippen LogP contribution in [0.1, 0.15) is 67.1 Å². The number of hydrogen-bond acceptors (Lipinski definition) is 3. The maximum atomic E-state index is 14.0. The van der Waals surface area contributed by atoms with Crippen LogP contribution in [-0.2, 0) is 11.3 Å². The molecule has 8 rings (SSSR count). The van der Waals surface area contributed by atoms with E-state index >= 15 is 0 Å². The van der Waals surface area contributed by atoms with E-state index in [0.29, 0.717) is 37.8 Å². The van der Waals surface area contributed by atoms with E-state index in [4.69, 9.17) is 4.42 Å². The van der Waals surface area contributed by atoms with E-state index < -0.39 is 0 Å². The molecule has 1 aliphatic heterocycles. The molecule has 5 aliphatic rings. The fourth-order valence-corrected chi connectivity index (χ4v) is 8.59. The molecule has 1 unspecified atom stereocenters. The summed E-state index contributed by atoms with van der Waals surface area (Å²) in [6.45, 7) is 6.57. The number of aryl methyl sites for hydroxylation is 1. The second-order valence-electron chi connectivity index (χ2n) is 12.6. The minimum atomic E-state index is -0.123. The van der Waals surface area contributed by atoms with Gasteiger partial charge >= 0.3 is 0 Å². The lowest BCUT2D eigenvalue weighted by Crippen LogP contribution is -2.61. The highest BCUT2D eigenvalue weighted by Crippen LogP contribution is 2.60. The molecule has 4 saturated carbocycles. The number of carbonyl (C=O) groups is 2. The van der Waals surface area contributed by atoms with Crippen LogP contribution in [0.4, 0.5) is 0 Å². The zero-order chi connectivity index (χ0) is 25.3. The minimum Gasteiger partial charge on any atom is -0.448 e. The number of rotatable bonds is 4. The van der Waals surface area contributed by atoms with Gasteiger partial charge in [-0.2, -0.15) is 0 Å². The van der Waals surface area contributed by atoms with Gasteiger partial charge in [0.15, 0.2) is 0 Å². The van der Waals surface area contributed by atoms with Crippen molar-refractivity contribution in [3.05, 3.63) is 59.5 Å². The van der Waals surface area contributed by atoms with Gasteiger partial charge in [-0.15, -0.1) is 0 Å². The van der Waals surface area contributed by atoms with E-state index in [2.05, 4.69) is 43.0 Å². The van der Waals surface area contributed by atoms with Crippen LogP contribution in [0, 0.1) is 30.1 Å². The summed E-state index contributed by atoms with van der Waals surface area (Å²) in [5.74, 6) is 2.67. The molecule has 1 aromatic carbocycles. The summed E-state index contributed by atoms with van der Waals surface area (Å²) in [6.07, 6.45) is 8.99. The lowest BCUT2D eigenvalue weighted by atomic mass is 9.49. The number of piperazine rings is 1. The molecule has 5 fully saturated rings. The van der Waals surface area contributed by atoms with Gasteiger partial charge in [0.2, 0.25) is 11.6 Å². The Labute approximate surface area is 218 Å². The maximum absolute atomic E-state index is 14.0. The van der Waals surface area contributed by atoms with Crippen LogP contribution in [-0.4, -0.2) is 51.9 Å². The number of amides is 2. The Morgan fingerprint density at radius 2 is 1.73 bits per heavy atom. The summed E-state index contributed by atoms with van der Waals surface area (Å²) in [4.78, 5) is 31.9. The van der Waals surface area contributed by atoms with Gasteiger partial charge in [0.05, 0.1) is 18.2 Å². The predicted molar refractivity (Wildman–Crippen MR) is 142 cm³/mol. The Hall–Kier alpha value is -3.02. The van der Waals surface area contributed by atoms with Gasteiger partial charge in [-0.1, -0.05) is 29.8 Å². The fourth-order valence-electron chi connectivity index (χ4n) is 8.59. The molecule has 2 amide bonds. The quantitative estimate of drug-likeness (QED) is 0.478. The fraction of sp³-hybridized carbons (Fsp3) is 0.548. The van der Waals surface area contributed by atoms with Gasteiger partial charge in [0, 0.05) is 31.1 Å². The average molecular weight is 500 g/mol. The molecule has 3 heterocycles. The Balaban J connectivity index is 1.10. The van der Waals surface area contributed by atoms with Crippen LogP contribution in [0.25, 0.3) is 11.1 Å². The SMILES string of the molecule is Cc1cccc(Cn2c(C(=O)N3CCN(C(=O)C45CC6CC(CC(C6)C4)C5)C(C)C3)cc3ccoc32)c1. The van der Waals surface area contributed by atoms with E-state index in [1.807, 2.05) is 21.6 Å². The molecule has 0 spiro atoms. The van der Waals surface area contributed by atoms with Crippen LogP contribution in [0.15, 0.2) is 47.1 Å². The molecule has 3 aromatic rings. The van der Waals surface area contributed by atoms with Crippen LogP contribution in [0.3, 0.4) is 0 Å². The molecule has 0 N–H and O–H groups in total. The first kappa shape index (κ1) is 23.1. The highest BCUT2D eigenvalue weighted by atomic mass is 16.3. The molecule has 1 saturated heterocycles. The Morgan fingerprint density at radius 1 is 1.00 bits per heavy atom. The summed E-state index contributed by atoms with van der Waals surface area (Å²) >= 11 is 0. The summed E-state index contributed by atoms with van der Waals surface area (Å²) in [6, 6.07) is 12.3. The third-order valence-corrected chi connectivity index (χ3v) is 9.81. The van der Waals surface area contributed by atoms with Crippen molar-refractivity contribution in [3.8, 4) is 0 Å². The van der Waals surface area contributed by atoms with E-state index in [1.54, 1.807) is 6.26 Å². The molecule has 1 atom stereocenters. The van der Waals surface area contributed by atoms with Gasteiger partial charge in [0.1, 0.15) is 5.69 Å². The lowest BCUT2D eigenvalue weighted by molar-refractivity contribution is -0.161. The number of hydrogen-bond donors (Lipinski definition) is 0. The highest BCUT2D eigenvalue weighted by Gasteiger charge is 2.56. The molecular formula is C31H37N3O3. The second-order valence-corrected chi connectivity index (χ2v) is 12.6. The summed E-state index contributed by atoms with van der Waals surface area (Å²) in [7, 11) is 0. The number of nitrogens with zero attached hydrogens (tertiary/aromatic N) is 3. The summed E-state index contributed by atoms with van der Waals surface area (Å²) < 4.78 is 7.80. The summed E-state index contributed by atoms with van der Waals surface area (Å²) in [5, 5.41) is 0.944. The molecule has 6 nitrogen and oxygen atoms in total. The van der Waals surface area contributed by atoms with Gasteiger partial charge in [-0.25, -0.2) is 0 Å². The van der Waals surface area contributed by atoms with E-state index in [1.165, 1.54) is 24.8 Å². The number of furan rings is 1. The Bertz CT molecular complexity index is 1330. The van der Waals surface area contributed by atoms with Crippen LogP contribution < -0.4 is 0 Å². The van der Waals surface area contributed by atoms with Crippen LogP contribution >= 0.6 is 0 Å². The van der Waals surface area contributed by atoms with E-state index in [9.17, 15) is 9.59 Å². The van der Waals surface area contributed by atoms with Crippen molar-refractivity contribution in [3.63, 3.8) is 0 Å². The largest absolute Gasteiger partial charge is 0.448 e. The molecule has 6 heteroatoms. The van der Waals surface area contributed by atoms with Crippen molar-refractivity contribution in [1.82, 2.24) is 14.4 Å². The zero-order valence-electron chi connectivity index (χ0n) is 22.0.